The van der Waals surface area contributed by atoms with E-state index in [-0.39, 0.29) is 11.4 Å². The van der Waals surface area contributed by atoms with Crippen LogP contribution in [-0.4, -0.2) is 55.7 Å². The molecule has 0 aliphatic carbocycles. The molecular weight excluding hydrogens is 190 g/mol. The van der Waals surface area contributed by atoms with Crippen molar-refractivity contribution in [1.29, 1.82) is 0 Å². The first-order valence-electron chi connectivity index (χ1n) is 3.74. The Bertz CT molecular complexity index is 116. The summed E-state index contributed by atoms with van der Waals surface area (Å²) in [6.45, 7) is 3.65. The minimum absolute atomic E-state index is 0. The number of amides is 1. The summed E-state index contributed by atoms with van der Waals surface area (Å²) in [6.07, 6.45) is 0.750. The summed E-state index contributed by atoms with van der Waals surface area (Å²) >= 11 is 0. The van der Waals surface area contributed by atoms with Crippen molar-refractivity contribution < 1.29 is 24.9 Å². The van der Waals surface area contributed by atoms with Crippen LogP contribution in [0.15, 0.2) is 0 Å². The SMILES string of the molecule is CCOC(C)=O.CN(C)C=O.CO.O. The fourth-order valence-corrected chi connectivity index (χ4v) is 0.203. The van der Waals surface area contributed by atoms with Crippen molar-refractivity contribution >= 4 is 12.4 Å². The Labute approximate surface area is 84.8 Å². The van der Waals surface area contributed by atoms with Crippen LogP contribution < -0.4 is 0 Å². The molecule has 0 bridgehead atoms. The predicted octanol–water partition coefficient (Wildman–Crippen LogP) is -0.942. The van der Waals surface area contributed by atoms with Crippen molar-refractivity contribution in [2.75, 3.05) is 27.8 Å². The van der Waals surface area contributed by atoms with Crippen LogP contribution in [0.2, 0.25) is 0 Å². The van der Waals surface area contributed by atoms with Gasteiger partial charge in [-0.05, 0) is 6.92 Å². The summed E-state index contributed by atoms with van der Waals surface area (Å²) < 4.78 is 4.40. The second-order valence-corrected chi connectivity index (χ2v) is 1.99. The summed E-state index contributed by atoms with van der Waals surface area (Å²) in [7, 11) is 4.38. The average Bonchev–Trinajstić information content (AvgIpc) is 2.09. The van der Waals surface area contributed by atoms with Crippen molar-refractivity contribution in [2.24, 2.45) is 0 Å². The highest BCUT2D eigenvalue weighted by Gasteiger charge is 1.81. The van der Waals surface area contributed by atoms with Crippen LogP contribution in [0.25, 0.3) is 0 Å². The lowest BCUT2D eigenvalue weighted by atomic mass is 10.8. The van der Waals surface area contributed by atoms with Gasteiger partial charge in [-0.1, -0.05) is 0 Å². The fourth-order valence-electron chi connectivity index (χ4n) is 0.203. The van der Waals surface area contributed by atoms with Gasteiger partial charge in [-0.25, -0.2) is 0 Å². The number of esters is 1. The van der Waals surface area contributed by atoms with Gasteiger partial charge in [0, 0.05) is 28.1 Å². The number of ether oxygens (including phenoxy) is 1. The maximum atomic E-state index is 9.82. The minimum atomic E-state index is -0.211. The Morgan fingerprint density at radius 1 is 1.43 bits per heavy atom. The molecule has 0 fully saturated rings. The van der Waals surface area contributed by atoms with Crippen LogP contribution in [0, 0.1) is 0 Å². The molecule has 0 aromatic rings. The van der Waals surface area contributed by atoms with Gasteiger partial charge < -0.3 is 20.2 Å². The average molecular weight is 211 g/mol. The molecule has 0 aromatic heterocycles. The first-order chi connectivity index (χ1) is 6.04. The molecule has 0 rings (SSSR count). The monoisotopic (exact) mass is 211 g/mol. The molecule has 0 aromatic carbocycles. The second kappa shape index (κ2) is 22.6. The zero-order chi connectivity index (χ0) is 11.3. The maximum absolute atomic E-state index is 9.82. The van der Waals surface area contributed by atoms with E-state index in [1.54, 1.807) is 21.0 Å². The first-order valence-corrected chi connectivity index (χ1v) is 3.74. The lowest BCUT2D eigenvalue weighted by Crippen LogP contribution is -2.06. The third-order valence-electron chi connectivity index (χ3n) is 0.558. The van der Waals surface area contributed by atoms with Gasteiger partial charge in [0.25, 0.3) is 0 Å². The third-order valence-corrected chi connectivity index (χ3v) is 0.558. The van der Waals surface area contributed by atoms with Crippen molar-refractivity contribution in [3.8, 4) is 0 Å². The predicted molar refractivity (Wildman–Crippen MR) is 53.8 cm³/mol. The van der Waals surface area contributed by atoms with E-state index in [0.717, 1.165) is 13.5 Å². The number of rotatable bonds is 2. The molecular formula is C8H21NO5. The highest BCUT2D eigenvalue weighted by molar-refractivity contribution is 5.65. The Balaban J connectivity index is -0.0000000576. The molecule has 0 spiro atoms. The molecule has 3 N–H and O–H groups in total. The van der Waals surface area contributed by atoms with E-state index in [4.69, 9.17) is 5.11 Å². The summed E-state index contributed by atoms with van der Waals surface area (Å²) in [6, 6.07) is 0. The lowest BCUT2D eigenvalue weighted by Gasteiger charge is -1.93. The Kier molecular flexibility index (Phi) is 37.3. The number of carbonyl (C=O) groups is 2. The van der Waals surface area contributed by atoms with Crippen LogP contribution in [0.3, 0.4) is 0 Å². The van der Waals surface area contributed by atoms with Crippen LogP contribution in [-0.2, 0) is 14.3 Å². The van der Waals surface area contributed by atoms with E-state index in [1.807, 2.05) is 0 Å². The molecule has 0 saturated carbocycles. The molecule has 6 nitrogen and oxygen atoms in total. The molecule has 0 aliphatic rings. The van der Waals surface area contributed by atoms with E-state index in [2.05, 4.69) is 4.74 Å². The summed E-state index contributed by atoms with van der Waals surface area (Å²) in [5.41, 5.74) is 0. The molecule has 0 atom stereocenters. The lowest BCUT2D eigenvalue weighted by molar-refractivity contribution is -0.140. The number of aliphatic hydroxyl groups is 1. The van der Waals surface area contributed by atoms with Crippen molar-refractivity contribution in [3.63, 3.8) is 0 Å². The zero-order valence-corrected chi connectivity index (χ0v) is 9.40. The molecule has 0 heterocycles. The van der Waals surface area contributed by atoms with Gasteiger partial charge in [-0.2, -0.15) is 0 Å². The number of aliphatic hydroxyl groups excluding tert-OH is 1. The quantitative estimate of drug-likeness (QED) is 0.470. The topological polar surface area (TPSA) is 98.3 Å². The van der Waals surface area contributed by atoms with Crippen molar-refractivity contribution in [2.45, 2.75) is 13.8 Å². The van der Waals surface area contributed by atoms with Gasteiger partial charge in [-0.3, -0.25) is 9.59 Å². The van der Waals surface area contributed by atoms with Crippen molar-refractivity contribution in [1.82, 2.24) is 4.90 Å². The fraction of sp³-hybridized carbons (Fsp3) is 0.750. The van der Waals surface area contributed by atoms with Crippen LogP contribution in [0.5, 0.6) is 0 Å². The Hall–Kier alpha value is -1.14. The van der Waals surface area contributed by atoms with Crippen LogP contribution in [0.1, 0.15) is 13.8 Å². The van der Waals surface area contributed by atoms with Gasteiger partial charge in [0.15, 0.2) is 0 Å². The second-order valence-electron chi connectivity index (χ2n) is 1.99. The molecule has 0 radical (unpaired) electrons. The van der Waals surface area contributed by atoms with Gasteiger partial charge >= 0.3 is 5.97 Å². The molecule has 0 saturated heterocycles. The maximum Gasteiger partial charge on any atom is 0.302 e. The minimum Gasteiger partial charge on any atom is -0.466 e. The highest BCUT2D eigenvalue weighted by Crippen LogP contribution is 1.69. The van der Waals surface area contributed by atoms with Crippen LogP contribution in [0.4, 0.5) is 0 Å². The number of hydrogen-bond donors (Lipinski definition) is 1. The van der Waals surface area contributed by atoms with Gasteiger partial charge in [0.2, 0.25) is 6.41 Å². The number of nitrogens with zero attached hydrogens (tertiary/aromatic N) is 1. The van der Waals surface area contributed by atoms with E-state index >= 15 is 0 Å². The van der Waals surface area contributed by atoms with Crippen molar-refractivity contribution in [3.05, 3.63) is 0 Å². The Morgan fingerprint density at radius 2 is 1.71 bits per heavy atom. The van der Waals surface area contributed by atoms with Gasteiger partial charge in [0.05, 0.1) is 6.61 Å². The third kappa shape index (κ3) is 70.9. The summed E-state index contributed by atoms with van der Waals surface area (Å²) in [4.78, 5) is 20.7. The zero-order valence-electron chi connectivity index (χ0n) is 9.40. The highest BCUT2D eigenvalue weighted by atomic mass is 16.5. The normalized spacial score (nSPS) is 6.14. The van der Waals surface area contributed by atoms with Crippen LogP contribution >= 0.6 is 0 Å². The van der Waals surface area contributed by atoms with Gasteiger partial charge in [-0.15, -0.1) is 0 Å². The molecule has 0 aliphatic heterocycles. The summed E-state index contributed by atoms with van der Waals surface area (Å²) in [5.74, 6) is -0.211. The smallest absolute Gasteiger partial charge is 0.302 e. The first kappa shape index (κ1) is 23.0. The number of carbonyl (C=O) groups excluding carboxylic acids is 2. The van der Waals surface area contributed by atoms with E-state index in [1.165, 1.54) is 11.8 Å². The standard InChI is InChI=1S/C4H8O2.C3H7NO.CH4O.H2O/c1-3-6-4(2)5;1-4(2)3-5;1-2;/h3H2,1-2H3;3H,1-2H3;2H,1H3;1H2. The van der Waals surface area contributed by atoms with Gasteiger partial charge in [0.1, 0.15) is 0 Å². The molecule has 14 heavy (non-hydrogen) atoms. The molecule has 6 heteroatoms. The molecule has 1 amide bonds. The van der Waals surface area contributed by atoms with E-state index < -0.39 is 0 Å². The largest absolute Gasteiger partial charge is 0.466 e. The number of hydrogen-bond acceptors (Lipinski definition) is 4. The molecule has 0 unspecified atom stereocenters. The van der Waals surface area contributed by atoms with E-state index in [0.29, 0.717) is 6.61 Å². The van der Waals surface area contributed by atoms with E-state index in [9.17, 15) is 9.59 Å². The summed E-state index contributed by atoms with van der Waals surface area (Å²) in [5, 5.41) is 7.00. The Morgan fingerprint density at radius 3 is 1.71 bits per heavy atom. The molecule has 88 valence electrons.